The molecule has 0 unspecified atom stereocenters. The maximum atomic E-state index is 14.0. The van der Waals surface area contributed by atoms with E-state index in [2.05, 4.69) is 4.74 Å². The Hall–Kier alpha value is -2.96. The first-order valence-electron chi connectivity index (χ1n) is 6.26. The van der Waals surface area contributed by atoms with Crippen molar-refractivity contribution in [2.45, 2.75) is 6.61 Å². The predicted molar refractivity (Wildman–Crippen MR) is 75.2 cm³/mol. The molecule has 2 aromatic carbocycles. The van der Waals surface area contributed by atoms with Crippen LogP contribution in [-0.4, -0.2) is 18.0 Å². The molecule has 114 valence electrons. The van der Waals surface area contributed by atoms with Crippen molar-refractivity contribution in [1.82, 2.24) is 0 Å². The van der Waals surface area contributed by atoms with Crippen molar-refractivity contribution in [3.8, 4) is 5.75 Å². The molecule has 0 aliphatic rings. The molecule has 0 spiro atoms. The van der Waals surface area contributed by atoms with Crippen LogP contribution >= 0.6 is 0 Å². The van der Waals surface area contributed by atoms with E-state index >= 15 is 0 Å². The standard InChI is InChI=1S/C15H12FNO5/c1-21-15(18)11-7-12(16)14(13(8-11)17(19)20)22-9-10-5-3-2-4-6-10/h2-8H,9H2,1H3. The van der Waals surface area contributed by atoms with Crippen molar-refractivity contribution in [1.29, 1.82) is 0 Å². The number of hydrogen-bond donors (Lipinski definition) is 0. The van der Waals surface area contributed by atoms with Gasteiger partial charge in [-0.15, -0.1) is 0 Å². The first kappa shape index (κ1) is 15.4. The summed E-state index contributed by atoms with van der Waals surface area (Å²) in [5, 5.41) is 11.1. The van der Waals surface area contributed by atoms with Crippen LogP contribution in [0, 0.1) is 15.9 Å². The number of carbonyl (C=O) groups is 1. The lowest BCUT2D eigenvalue weighted by molar-refractivity contribution is -0.386. The third-order valence-corrected chi connectivity index (χ3v) is 2.87. The zero-order valence-corrected chi connectivity index (χ0v) is 11.6. The van der Waals surface area contributed by atoms with Gasteiger partial charge in [-0.25, -0.2) is 9.18 Å². The number of nitrogens with zero attached hydrogens (tertiary/aromatic N) is 1. The highest BCUT2D eigenvalue weighted by Crippen LogP contribution is 2.32. The Labute approximate surface area is 125 Å². The number of esters is 1. The highest BCUT2D eigenvalue weighted by atomic mass is 19.1. The summed E-state index contributed by atoms with van der Waals surface area (Å²) < 4.78 is 23.7. The molecule has 0 aromatic heterocycles. The highest BCUT2D eigenvalue weighted by Gasteiger charge is 2.24. The molecule has 0 fully saturated rings. The van der Waals surface area contributed by atoms with E-state index in [-0.39, 0.29) is 12.2 Å². The third-order valence-electron chi connectivity index (χ3n) is 2.87. The Balaban J connectivity index is 2.33. The van der Waals surface area contributed by atoms with Crippen molar-refractivity contribution in [2.75, 3.05) is 7.11 Å². The lowest BCUT2D eigenvalue weighted by atomic mass is 10.1. The van der Waals surface area contributed by atoms with Crippen molar-refractivity contribution >= 4 is 11.7 Å². The SMILES string of the molecule is COC(=O)c1cc(F)c(OCc2ccccc2)c([N+](=O)[O-])c1. The number of ether oxygens (including phenoxy) is 2. The van der Waals surface area contributed by atoms with E-state index in [9.17, 15) is 19.3 Å². The molecule has 0 N–H and O–H groups in total. The van der Waals surface area contributed by atoms with E-state index in [1.807, 2.05) is 0 Å². The van der Waals surface area contributed by atoms with Crippen molar-refractivity contribution < 1.29 is 23.6 Å². The molecule has 0 aliphatic heterocycles. The van der Waals surface area contributed by atoms with E-state index in [4.69, 9.17) is 4.74 Å². The summed E-state index contributed by atoms with van der Waals surface area (Å²) in [5.41, 5.74) is -0.150. The van der Waals surface area contributed by atoms with Crippen LogP contribution in [0.2, 0.25) is 0 Å². The lowest BCUT2D eigenvalue weighted by Crippen LogP contribution is -2.06. The van der Waals surface area contributed by atoms with Crippen LogP contribution in [0.3, 0.4) is 0 Å². The molecular weight excluding hydrogens is 293 g/mol. The Morgan fingerprint density at radius 3 is 2.55 bits per heavy atom. The van der Waals surface area contributed by atoms with Crippen molar-refractivity contribution in [3.63, 3.8) is 0 Å². The maximum absolute atomic E-state index is 14.0. The van der Waals surface area contributed by atoms with Crippen LogP contribution in [0.25, 0.3) is 0 Å². The fraction of sp³-hybridized carbons (Fsp3) is 0.133. The van der Waals surface area contributed by atoms with E-state index in [1.165, 1.54) is 0 Å². The molecule has 7 heteroatoms. The van der Waals surface area contributed by atoms with E-state index in [0.29, 0.717) is 0 Å². The van der Waals surface area contributed by atoms with E-state index < -0.39 is 28.1 Å². The van der Waals surface area contributed by atoms with Gasteiger partial charge >= 0.3 is 11.7 Å². The van der Waals surface area contributed by atoms with Gasteiger partial charge in [-0.3, -0.25) is 10.1 Å². The number of carbonyl (C=O) groups excluding carboxylic acids is 1. The Morgan fingerprint density at radius 2 is 1.95 bits per heavy atom. The molecule has 0 heterocycles. The topological polar surface area (TPSA) is 78.7 Å². The summed E-state index contributed by atoms with van der Waals surface area (Å²) in [4.78, 5) is 21.6. The van der Waals surface area contributed by atoms with Gasteiger partial charge in [-0.1, -0.05) is 30.3 Å². The van der Waals surface area contributed by atoms with Crippen LogP contribution in [0.4, 0.5) is 10.1 Å². The van der Waals surface area contributed by atoms with Gasteiger partial charge in [0.05, 0.1) is 17.6 Å². The largest absolute Gasteiger partial charge is 0.480 e. The number of nitro benzene ring substituents is 1. The Kier molecular flexibility index (Phi) is 4.67. The van der Waals surface area contributed by atoms with Gasteiger partial charge in [0.15, 0.2) is 5.82 Å². The fourth-order valence-corrected chi connectivity index (χ4v) is 1.82. The monoisotopic (exact) mass is 305 g/mol. The zero-order chi connectivity index (χ0) is 16.1. The van der Waals surface area contributed by atoms with Crippen LogP contribution in [0.15, 0.2) is 42.5 Å². The van der Waals surface area contributed by atoms with Crippen LogP contribution < -0.4 is 4.74 Å². The Bertz CT molecular complexity index is 703. The second-order valence-corrected chi connectivity index (χ2v) is 4.33. The second-order valence-electron chi connectivity index (χ2n) is 4.33. The third kappa shape index (κ3) is 3.38. The summed E-state index contributed by atoms with van der Waals surface area (Å²) in [6.07, 6.45) is 0. The van der Waals surface area contributed by atoms with Gasteiger partial charge in [0.25, 0.3) is 0 Å². The maximum Gasteiger partial charge on any atom is 0.338 e. The first-order chi connectivity index (χ1) is 10.5. The molecule has 2 rings (SSSR count). The van der Waals surface area contributed by atoms with Crippen LogP contribution in [-0.2, 0) is 11.3 Å². The highest BCUT2D eigenvalue weighted by molar-refractivity contribution is 5.90. The zero-order valence-electron chi connectivity index (χ0n) is 11.6. The number of benzene rings is 2. The number of hydrogen-bond acceptors (Lipinski definition) is 5. The van der Waals surface area contributed by atoms with Gasteiger partial charge in [-0.05, 0) is 11.6 Å². The molecule has 22 heavy (non-hydrogen) atoms. The minimum Gasteiger partial charge on any atom is -0.480 e. The molecule has 0 aliphatic carbocycles. The molecule has 0 radical (unpaired) electrons. The smallest absolute Gasteiger partial charge is 0.338 e. The van der Waals surface area contributed by atoms with Gasteiger partial charge in [0, 0.05) is 6.07 Å². The van der Waals surface area contributed by atoms with Crippen LogP contribution in [0.1, 0.15) is 15.9 Å². The quantitative estimate of drug-likeness (QED) is 0.482. The fourth-order valence-electron chi connectivity index (χ4n) is 1.82. The predicted octanol–water partition coefficient (Wildman–Crippen LogP) is 3.10. The molecule has 6 nitrogen and oxygen atoms in total. The normalized spacial score (nSPS) is 10.1. The summed E-state index contributed by atoms with van der Waals surface area (Å²) in [5.74, 6) is -2.37. The molecule has 0 atom stereocenters. The minimum atomic E-state index is -0.995. The molecule has 0 bridgehead atoms. The van der Waals surface area contributed by atoms with Gasteiger partial charge in [0.1, 0.15) is 6.61 Å². The summed E-state index contributed by atoms with van der Waals surface area (Å²) in [6.45, 7) is -0.0316. The first-order valence-corrected chi connectivity index (χ1v) is 6.26. The second kappa shape index (κ2) is 6.66. The van der Waals surface area contributed by atoms with Crippen molar-refractivity contribution in [2.24, 2.45) is 0 Å². The lowest BCUT2D eigenvalue weighted by Gasteiger charge is -2.09. The molecule has 0 amide bonds. The molecule has 2 aromatic rings. The summed E-state index contributed by atoms with van der Waals surface area (Å²) in [6, 6.07) is 10.6. The number of rotatable bonds is 5. The van der Waals surface area contributed by atoms with Gasteiger partial charge in [-0.2, -0.15) is 0 Å². The van der Waals surface area contributed by atoms with Gasteiger partial charge in [0.2, 0.25) is 5.75 Å². The van der Waals surface area contributed by atoms with Crippen LogP contribution in [0.5, 0.6) is 5.75 Å². The Morgan fingerprint density at radius 1 is 1.27 bits per heavy atom. The van der Waals surface area contributed by atoms with E-state index in [1.54, 1.807) is 30.3 Å². The van der Waals surface area contributed by atoms with E-state index in [0.717, 1.165) is 24.8 Å². The van der Waals surface area contributed by atoms with Gasteiger partial charge < -0.3 is 9.47 Å². The summed E-state index contributed by atoms with van der Waals surface area (Å²) >= 11 is 0. The molecule has 0 saturated heterocycles. The average molecular weight is 305 g/mol. The number of halogens is 1. The minimum absolute atomic E-state index is 0.0316. The molecular formula is C15H12FNO5. The van der Waals surface area contributed by atoms with Crippen molar-refractivity contribution in [3.05, 3.63) is 69.5 Å². The average Bonchev–Trinajstić information content (AvgIpc) is 2.53. The summed E-state index contributed by atoms with van der Waals surface area (Å²) in [7, 11) is 1.10. The number of nitro groups is 1. The number of methoxy groups -OCH3 is 1. The molecule has 0 saturated carbocycles.